The number of allylic oxidation sites excluding steroid dienone is 2. The van der Waals surface area contributed by atoms with Gasteiger partial charge in [-0.1, -0.05) is 18.7 Å². The summed E-state index contributed by atoms with van der Waals surface area (Å²) in [7, 11) is 1.59. The van der Waals surface area contributed by atoms with E-state index in [-0.39, 0.29) is 0 Å². The molecular formula is C13H16N2O. The number of methoxy groups -OCH3 is 1. The summed E-state index contributed by atoms with van der Waals surface area (Å²) in [5.41, 5.74) is 8.07. The van der Waals surface area contributed by atoms with Gasteiger partial charge in [0.05, 0.1) is 18.5 Å². The molecule has 0 radical (unpaired) electrons. The highest BCUT2D eigenvalue weighted by Crippen LogP contribution is 2.26. The number of nitrogens with zero attached hydrogens (tertiary/aromatic N) is 1. The second-order valence-electron chi connectivity index (χ2n) is 3.12. The van der Waals surface area contributed by atoms with Gasteiger partial charge in [-0.15, -0.1) is 0 Å². The standard InChI is InChI=1S/C13H16N2O/c1-4-7-12(15-5-2)10-8-6-9-11(14)13(10)16-3/h4-9H,2,14H2,1,3H3/b7-4-,15-12?. The minimum Gasteiger partial charge on any atom is -0.494 e. The molecule has 1 aromatic carbocycles. The maximum atomic E-state index is 5.83. The molecule has 2 N–H and O–H groups in total. The molecule has 0 atom stereocenters. The first kappa shape index (κ1) is 12.0. The molecular weight excluding hydrogens is 200 g/mol. The van der Waals surface area contributed by atoms with Crippen LogP contribution < -0.4 is 10.5 Å². The van der Waals surface area contributed by atoms with Gasteiger partial charge in [-0.25, -0.2) is 0 Å². The van der Waals surface area contributed by atoms with Crippen molar-refractivity contribution in [1.82, 2.24) is 0 Å². The van der Waals surface area contributed by atoms with Crippen LogP contribution in [0.25, 0.3) is 0 Å². The third kappa shape index (κ3) is 2.51. The number of nitrogens with two attached hydrogens (primary N) is 1. The Bertz CT molecular complexity index is 434. The molecule has 1 aromatic rings. The van der Waals surface area contributed by atoms with Crippen LogP contribution in [-0.4, -0.2) is 12.8 Å². The zero-order chi connectivity index (χ0) is 12.0. The lowest BCUT2D eigenvalue weighted by atomic mass is 10.1. The van der Waals surface area contributed by atoms with E-state index in [1.165, 1.54) is 6.20 Å². The van der Waals surface area contributed by atoms with Crippen molar-refractivity contribution in [1.29, 1.82) is 0 Å². The average molecular weight is 216 g/mol. The van der Waals surface area contributed by atoms with Crippen LogP contribution in [0.4, 0.5) is 5.69 Å². The Morgan fingerprint density at radius 2 is 2.25 bits per heavy atom. The van der Waals surface area contributed by atoms with Crippen molar-refractivity contribution in [2.75, 3.05) is 12.8 Å². The lowest BCUT2D eigenvalue weighted by molar-refractivity contribution is 0.416. The SMILES string of the molecule is C=CN=C(/C=C\C)c1cccc(N)c1OC. The monoisotopic (exact) mass is 216 g/mol. The highest BCUT2D eigenvalue weighted by atomic mass is 16.5. The number of aliphatic imine (C=N–C) groups is 1. The van der Waals surface area contributed by atoms with E-state index in [0.717, 1.165) is 11.3 Å². The molecule has 1 rings (SSSR count). The lowest BCUT2D eigenvalue weighted by Crippen LogP contribution is -2.03. The first-order chi connectivity index (χ1) is 7.74. The molecule has 0 spiro atoms. The molecule has 0 saturated heterocycles. The number of hydrogen-bond donors (Lipinski definition) is 1. The summed E-state index contributed by atoms with van der Waals surface area (Å²) >= 11 is 0. The van der Waals surface area contributed by atoms with Gasteiger partial charge >= 0.3 is 0 Å². The topological polar surface area (TPSA) is 47.6 Å². The normalized spacial score (nSPS) is 11.8. The fourth-order valence-electron chi connectivity index (χ4n) is 1.44. The van der Waals surface area contributed by atoms with Crippen molar-refractivity contribution < 1.29 is 4.74 Å². The van der Waals surface area contributed by atoms with Gasteiger partial charge in [-0.2, -0.15) is 0 Å². The Labute approximate surface area is 96.0 Å². The molecule has 0 aliphatic rings. The first-order valence-electron chi connectivity index (χ1n) is 4.98. The smallest absolute Gasteiger partial charge is 0.151 e. The molecule has 0 fully saturated rings. The number of para-hydroxylation sites is 1. The lowest BCUT2D eigenvalue weighted by Gasteiger charge is -2.10. The molecule has 84 valence electrons. The second-order valence-corrected chi connectivity index (χ2v) is 3.12. The average Bonchev–Trinajstić information content (AvgIpc) is 2.28. The van der Waals surface area contributed by atoms with Crippen molar-refractivity contribution in [3.63, 3.8) is 0 Å². The number of ether oxygens (including phenoxy) is 1. The van der Waals surface area contributed by atoms with Gasteiger partial charge in [0.25, 0.3) is 0 Å². The van der Waals surface area contributed by atoms with Gasteiger partial charge in [0.15, 0.2) is 5.75 Å². The highest BCUT2D eigenvalue weighted by molar-refractivity contribution is 6.11. The quantitative estimate of drug-likeness (QED) is 0.621. The van der Waals surface area contributed by atoms with E-state index in [1.807, 2.05) is 31.2 Å². The van der Waals surface area contributed by atoms with Crippen molar-refractivity contribution in [2.24, 2.45) is 4.99 Å². The minimum atomic E-state index is 0.598. The number of anilines is 1. The van der Waals surface area contributed by atoms with Crippen molar-refractivity contribution in [3.05, 3.63) is 48.7 Å². The van der Waals surface area contributed by atoms with Gasteiger partial charge in [0, 0.05) is 11.8 Å². The van der Waals surface area contributed by atoms with Gasteiger partial charge in [0.1, 0.15) is 0 Å². The van der Waals surface area contributed by atoms with E-state index < -0.39 is 0 Å². The predicted octanol–water partition coefficient (Wildman–Crippen LogP) is 2.79. The van der Waals surface area contributed by atoms with E-state index in [9.17, 15) is 0 Å². The summed E-state index contributed by atoms with van der Waals surface area (Å²) in [6.45, 7) is 5.52. The van der Waals surface area contributed by atoms with Crippen LogP contribution in [0.1, 0.15) is 12.5 Å². The zero-order valence-corrected chi connectivity index (χ0v) is 9.60. The Morgan fingerprint density at radius 1 is 1.50 bits per heavy atom. The van der Waals surface area contributed by atoms with E-state index >= 15 is 0 Å². The summed E-state index contributed by atoms with van der Waals surface area (Å²) in [5.74, 6) is 0.640. The Morgan fingerprint density at radius 3 is 2.81 bits per heavy atom. The third-order valence-corrected chi connectivity index (χ3v) is 2.08. The molecule has 0 bridgehead atoms. The number of hydrogen-bond acceptors (Lipinski definition) is 3. The number of rotatable bonds is 4. The van der Waals surface area contributed by atoms with Crippen LogP contribution in [0, 0.1) is 0 Å². The molecule has 0 aromatic heterocycles. The van der Waals surface area contributed by atoms with Crippen molar-refractivity contribution >= 4 is 11.4 Å². The molecule has 0 aliphatic heterocycles. The molecule has 0 unspecified atom stereocenters. The summed E-state index contributed by atoms with van der Waals surface area (Å²) < 4.78 is 5.28. The zero-order valence-electron chi connectivity index (χ0n) is 9.60. The maximum Gasteiger partial charge on any atom is 0.151 e. The summed E-state index contributed by atoms with van der Waals surface area (Å²) in [5, 5.41) is 0. The van der Waals surface area contributed by atoms with Crippen molar-refractivity contribution in [2.45, 2.75) is 6.92 Å². The maximum absolute atomic E-state index is 5.83. The third-order valence-electron chi connectivity index (χ3n) is 2.08. The highest BCUT2D eigenvalue weighted by Gasteiger charge is 2.09. The molecule has 0 heterocycles. The molecule has 3 nitrogen and oxygen atoms in total. The van der Waals surface area contributed by atoms with E-state index in [1.54, 1.807) is 13.2 Å². The Hall–Kier alpha value is -2.03. The van der Waals surface area contributed by atoms with Gasteiger partial charge in [-0.3, -0.25) is 4.99 Å². The van der Waals surface area contributed by atoms with Crippen LogP contribution in [0.5, 0.6) is 5.75 Å². The predicted molar refractivity (Wildman–Crippen MR) is 69.0 cm³/mol. The largest absolute Gasteiger partial charge is 0.494 e. The number of nitrogen functional groups attached to an aromatic ring is 1. The van der Waals surface area contributed by atoms with Crippen LogP contribution in [0.15, 0.2) is 48.1 Å². The molecule has 16 heavy (non-hydrogen) atoms. The molecule has 3 heteroatoms. The minimum absolute atomic E-state index is 0.598. The number of benzene rings is 1. The fourth-order valence-corrected chi connectivity index (χ4v) is 1.44. The Balaban J connectivity index is 3.34. The first-order valence-corrected chi connectivity index (χ1v) is 4.98. The molecule has 0 aliphatic carbocycles. The summed E-state index contributed by atoms with van der Waals surface area (Å²) in [4.78, 5) is 4.19. The van der Waals surface area contributed by atoms with Gasteiger partial charge < -0.3 is 10.5 Å². The van der Waals surface area contributed by atoms with Crippen LogP contribution >= 0.6 is 0 Å². The van der Waals surface area contributed by atoms with Crippen LogP contribution in [0.2, 0.25) is 0 Å². The van der Waals surface area contributed by atoms with Gasteiger partial charge in [-0.05, 0) is 25.1 Å². The Kier molecular flexibility index (Phi) is 4.33. The molecule has 0 saturated carbocycles. The van der Waals surface area contributed by atoms with E-state index in [2.05, 4.69) is 11.6 Å². The molecule has 0 amide bonds. The summed E-state index contributed by atoms with van der Waals surface area (Å²) in [6.07, 6.45) is 5.29. The fraction of sp³-hybridized carbons (Fsp3) is 0.154. The van der Waals surface area contributed by atoms with Gasteiger partial charge in [0.2, 0.25) is 0 Å². The van der Waals surface area contributed by atoms with Crippen molar-refractivity contribution in [3.8, 4) is 5.75 Å². The van der Waals surface area contributed by atoms with Crippen LogP contribution in [-0.2, 0) is 0 Å². The van der Waals surface area contributed by atoms with E-state index in [0.29, 0.717) is 11.4 Å². The van der Waals surface area contributed by atoms with Crippen LogP contribution in [0.3, 0.4) is 0 Å². The van der Waals surface area contributed by atoms with E-state index in [4.69, 9.17) is 10.5 Å². The second kappa shape index (κ2) is 5.75. The summed E-state index contributed by atoms with van der Waals surface area (Å²) in [6, 6.07) is 5.58.